The lowest BCUT2D eigenvalue weighted by Gasteiger charge is -2.04. The molecule has 0 bridgehead atoms. The number of aromatic nitrogens is 1. The Balaban J connectivity index is 1.89. The van der Waals surface area contributed by atoms with Crippen LogP contribution in [-0.4, -0.2) is 16.1 Å². The molecule has 0 aliphatic heterocycles. The summed E-state index contributed by atoms with van der Waals surface area (Å²) < 4.78 is 2.22. The zero-order valence-corrected chi connectivity index (χ0v) is 12.0. The summed E-state index contributed by atoms with van der Waals surface area (Å²) in [7, 11) is 0. The Kier molecular flexibility index (Phi) is 3.11. The number of hydrogen-bond donors (Lipinski definition) is 1. The molecule has 5 heteroatoms. The third-order valence-electron chi connectivity index (χ3n) is 3.50. The van der Waals surface area contributed by atoms with E-state index >= 15 is 0 Å². The van der Waals surface area contributed by atoms with E-state index in [-0.39, 0.29) is 5.92 Å². The van der Waals surface area contributed by atoms with E-state index in [2.05, 4.69) is 27.0 Å². The summed E-state index contributed by atoms with van der Waals surface area (Å²) in [5, 5.41) is 10.1. The minimum Gasteiger partial charge on any atom is -0.481 e. The average molecular weight is 326 g/mol. The van der Waals surface area contributed by atoms with Gasteiger partial charge in [0.2, 0.25) is 0 Å². The molecule has 18 heavy (non-hydrogen) atoms. The number of fused-ring (bicyclic) bond motifs is 1. The molecule has 1 N–H and O–H groups in total. The SMILES string of the molecule is O=C(O)C1CCC(c2nc3ccc(Br)cc3s2)C1. The fourth-order valence-electron chi connectivity index (χ4n) is 2.52. The Labute approximate surface area is 117 Å². The van der Waals surface area contributed by atoms with Crippen LogP contribution in [0.1, 0.15) is 30.2 Å². The summed E-state index contributed by atoms with van der Waals surface area (Å²) in [6, 6.07) is 6.06. The van der Waals surface area contributed by atoms with E-state index in [1.54, 1.807) is 11.3 Å². The van der Waals surface area contributed by atoms with Crippen molar-refractivity contribution >= 4 is 43.5 Å². The quantitative estimate of drug-likeness (QED) is 0.906. The van der Waals surface area contributed by atoms with Gasteiger partial charge in [0.05, 0.1) is 21.1 Å². The first-order valence-corrected chi connectivity index (χ1v) is 7.53. The summed E-state index contributed by atoms with van der Waals surface area (Å²) in [6.07, 6.45) is 2.45. The standard InChI is InChI=1S/C13H12BrNO2S/c14-9-3-4-10-11(6-9)18-12(15-10)7-1-2-8(5-7)13(16)17/h3-4,6-8H,1-2,5H2,(H,16,17). The number of halogens is 1. The van der Waals surface area contributed by atoms with Crippen molar-refractivity contribution in [2.45, 2.75) is 25.2 Å². The summed E-state index contributed by atoms with van der Waals surface area (Å²) in [4.78, 5) is 15.6. The van der Waals surface area contributed by atoms with Crippen molar-refractivity contribution in [3.63, 3.8) is 0 Å². The molecule has 1 heterocycles. The lowest BCUT2D eigenvalue weighted by molar-refractivity contribution is -0.141. The lowest BCUT2D eigenvalue weighted by Crippen LogP contribution is -2.09. The summed E-state index contributed by atoms with van der Waals surface area (Å²) in [6.45, 7) is 0. The number of rotatable bonds is 2. The number of carboxylic acids is 1. The maximum atomic E-state index is 11.0. The van der Waals surface area contributed by atoms with Crippen LogP contribution in [-0.2, 0) is 4.79 Å². The first-order chi connectivity index (χ1) is 8.63. The molecule has 1 aliphatic rings. The van der Waals surface area contributed by atoms with E-state index in [4.69, 9.17) is 5.11 Å². The molecule has 1 aromatic heterocycles. The molecule has 1 saturated carbocycles. The molecule has 3 rings (SSSR count). The molecular formula is C13H12BrNO2S. The van der Waals surface area contributed by atoms with E-state index in [1.807, 2.05) is 12.1 Å². The molecule has 1 aromatic carbocycles. The maximum absolute atomic E-state index is 11.0. The van der Waals surface area contributed by atoms with Crippen LogP contribution in [0, 0.1) is 5.92 Å². The van der Waals surface area contributed by atoms with Crippen molar-refractivity contribution in [2.24, 2.45) is 5.92 Å². The predicted octanol–water partition coefficient (Wildman–Crippen LogP) is 4.03. The Hall–Kier alpha value is -0.940. The molecule has 0 saturated heterocycles. The second-order valence-electron chi connectivity index (χ2n) is 4.71. The number of hydrogen-bond acceptors (Lipinski definition) is 3. The second-order valence-corrected chi connectivity index (χ2v) is 6.69. The van der Waals surface area contributed by atoms with E-state index in [0.29, 0.717) is 5.92 Å². The van der Waals surface area contributed by atoms with Gasteiger partial charge >= 0.3 is 5.97 Å². The molecule has 3 nitrogen and oxygen atoms in total. The Morgan fingerprint density at radius 2 is 2.28 bits per heavy atom. The first-order valence-electron chi connectivity index (χ1n) is 5.92. The minimum absolute atomic E-state index is 0.186. The van der Waals surface area contributed by atoms with Crippen molar-refractivity contribution < 1.29 is 9.90 Å². The molecule has 94 valence electrons. The summed E-state index contributed by atoms with van der Waals surface area (Å²) in [5.74, 6) is -0.530. The molecule has 2 aromatic rings. The Bertz CT molecular complexity index is 610. The van der Waals surface area contributed by atoms with Gasteiger partial charge in [0.15, 0.2) is 0 Å². The van der Waals surface area contributed by atoms with E-state index < -0.39 is 5.97 Å². The number of carbonyl (C=O) groups is 1. The van der Waals surface area contributed by atoms with Gasteiger partial charge in [0, 0.05) is 10.4 Å². The second kappa shape index (κ2) is 4.63. The molecule has 0 amide bonds. The van der Waals surface area contributed by atoms with E-state index in [9.17, 15) is 4.79 Å². The van der Waals surface area contributed by atoms with Gasteiger partial charge in [-0.2, -0.15) is 0 Å². The minimum atomic E-state index is -0.665. The van der Waals surface area contributed by atoms with Crippen LogP contribution in [0.15, 0.2) is 22.7 Å². The van der Waals surface area contributed by atoms with Crippen molar-refractivity contribution in [3.05, 3.63) is 27.7 Å². The largest absolute Gasteiger partial charge is 0.481 e. The van der Waals surface area contributed by atoms with Crippen molar-refractivity contribution in [1.29, 1.82) is 0 Å². The van der Waals surface area contributed by atoms with Crippen LogP contribution in [0.3, 0.4) is 0 Å². The third kappa shape index (κ3) is 2.17. The fraction of sp³-hybridized carbons (Fsp3) is 0.385. The first kappa shape index (κ1) is 12.1. The normalized spacial score (nSPS) is 23.6. The van der Waals surface area contributed by atoms with Crippen molar-refractivity contribution in [1.82, 2.24) is 4.98 Å². The summed E-state index contributed by atoms with van der Waals surface area (Å²) in [5.41, 5.74) is 1.01. The molecule has 0 radical (unpaired) electrons. The van der Waals surface area contributed by atoms with Crippen LogP contribution in [0.5, 0.6) is 0 Å². The van der Waals surface area contributed by atoms with Gasteiger partial charge in [0.25, 0.3) is 0 Å². The lowest BCUT2D eigenvalue weighted by atomic mass is 10.1. The van der Waals surface area contributed by atoms with E-state index in [1.165, 1.54) is 0 Å². The monoisotopic (exact) mass is 325 g/mol. The van der Waals surface area contributed by atoms with Gasteiger partial charge in [-0.25, -0.2) is 4.98 Å². The number of aliphatic carboxylic acids is 1. The topological polar surface area (TPSA) is 50.2 Å². The third-order valence-corrected chi connectivity index (χ3v) is 5.17. The van der Waals surface area contributed by atoms with Crippen LogP contribution in [0.25, 0.3) is 10.2 Å². The maximum Gasteiger partial charge on any atom is 0.306 e. The Morgan fingerprint density at radius 3 is 3.00 bits per heavy atom. The van der Waals surface area contributed by atoms with Gasteiger partial charge < -0.3 is 5.11 Å². The molecule has 1 fully saturated rings. The highest BCUT2D eigenvalue weighted by Crippen LogP contribution is 2.41. The molecular weight excluding hydrogens is 314 g/mol. The molecule has 1 aliphatic carbocycles. The van der Waals surface area contributed by atoms with Crippen molar-refractivity contribution in [2.75, 3.05) is 0 Å². The molecule has 0 spiro atoms. The van der Waals surface area contributed by atoms with Crippen LogP contribution in [0.2, 0.25) is 0 Å². The van der Waals surface area contributed by atoms with Gasteiger partial charge in [0.1, 0.15) is 0 Å². The van der Waals surface area contributed by atoms with Gasteiger partial charge in [-0.05, 0) is 37.5 Å². The average Bonchev–Trinajstić information content (AvgIpc) is 2.93. The highest BCUT2D eigenvalue weighted by Gasteiger charge is 2.32. The Morgan fingerprint density at radius 1 is 1.44 bits per heavy atom. The zero-order chi connectivity index (χ0) is 12.7. The molecule has 2 atom stereocenters. The number of nitrogens with zero attached hydrogens (tertiary/aromatic N) is 1. The molecule has 2 unspecified atom stereocenters. The van der Waals surface area contributed by atoms with E-state index in [0.717, 1.165) is 39.0 Å². The van der Waals surface area contributed by atoms with Gasteiger partial charge in [-0.1, -0.05) is 15.9 Å². The number of carboxylic acid groups (broad SMARTS) is 1. The fourth-order valence-corrected chi connectivity index (χ4v) is 4.19. The van der Waals surface area contributed by atoms with Crippen molar-refractivity contribution in [3.8, 4) is 0 Å². The smallest absolute Gasteiger partial charge is 0.306 e. The highest BCUT2D eigenvalue weighted by molar-refractivity contribution is 9.10. The zero-order valence-electron chi connectivity index (χ0n) is 9.60. The van der Waals surface area contributed by atoms with Crippen LogP contribution in [0.4, 0.5) is 0 Å². The number of thiazole rings is 1. The number of benzene rings is 1. The van der Waals surface area contributed by atoms with Crippen LogP contribution >= 0.6 is 27.3 Å². The van der Waals surface area contributed by atoms with Gasteiger partial charge in [-0.3, -0.25) is 4.79 Å². The van der Waals surface area contributed by atoms with Gasteiger partial charge in [-0.15, -0.1) is 11.3 Å². The summed E-state index contributed by atoms with van der Waals surface area (Å²) >= 11 is 5.14. The van der Waals surface area contributed by atoms with Crippen LogP contribution < -0.4 is 0 Å². The predicted molar refractivity (Wildman–Crippen MR) is 75.0 cm³/mol. The highest BCUT2D eigenvalue weighted by atomic mass is 79.9.